The number of benzene rings is 1. The molecule has 1 aromatic carbocycles. The molecule has 6 unspecified atom stereocenters. The molecule has 2 fully saturated rings. The van der Waals surface area contributed by atoms with Crippen LogP contribution in [0.1, 0.15) is 82.8 Å². The molecule has 0 radical (unpaired) electrons. The van der Waals surface area contributed by atoms with Crippen LogP contribution in [0.3, 0.4) is 0 Å². The molecule has 5 rings (SSSR count). The Balaban J connectivity index is 0.000000363. The number of hydrogen-bond acceptors (Lipinski definition) is 0. The van der Waals surface area contributed by atoms with Crippen LogP contribution in [0.5, 0.6) is 0 Å². The fourth-order valence-corrected chi connectivity index (χ4v) is 7.02. The second-order valence-corrected chi connectivity index (χ2v) is 10.5. The van der Waals surface area contributed by atoms with Crippen molar-refractivity contribution in [3.8, 4) is 11.8 Å². The van der Waals surface area contributed by atoms with Crippen molar-refractivity contribution in [3.63, 3.8) is 0 Å². The van der Waals surface area contributed by atoms with Crippen molar-refractivity contribution in [1.29, 1.82) is 0 Å². The number of rotatable bonds is 1. The van der Waals surface area contributed by atoms with Gasteiger partial charge in [0.25, 0.3) is 0 Å². The van der Waals surface area contributed by atoms with Gasteiger partial charge in [0, 0.05) is 5.92 Å². The average Bonchev–Trinajstić information content (AvgIpc) is 3.14. The van der Waals surface area contributed by atoms with Crippen molar-refractivity contribution in [2.45, 2.75) is 84.7 Å². The van der Waals surface area contributed by atoms with E-state index in [1.807, 2.05) is 5.57 Å². The van der Waals surface area contributed by atoms with Gasteiger partial charge in [0.05, 0.1) is 0 Å². The van der Waals surface area contributed by atoms with E-state index >= 15 is 0 Å². The van der Waals surface area contributed by atoms with E-state index in [1.54, 1.807) is 23.6 Å². The quantitative estimate of drug-likeness (QED) is 0.392. The Kier molecular flexibility index (Phi) is 7.09. The van der Waals surface area contributed by atoms with Crippen molar-refractivity contribution in [1.82, 2.24) is 0 Å². The summed E-state index contributed by atoms with van der Waals surface area (Å²) in [5.74, 6) is 9.06. The van der Waals surface area contributed by atoms with Crippen molar-refractivity contribution < 1.29 is 4.39 Å². The maximum atomic E-state index is 11.5. The van der Waals surface area contributed by atoms with Crippen LogP contribution in [-0.2, 0) is 0 Å². The van der Waals surface area contributed by atoms with Gasteiger partial charge in [0.15, 0.2) is 6.17 Å². The predicted octanol–water partition coefficient (Wildman–Crippen LogP) is 8.50. The van der Waals surface area contributed by atoms with Crippen LogP contribution < -0.4 is 0 Å². The lowest BCUT2D eigenvalue weighted by molar-refractivity contribution is 0.178. The molecule has 2 saturated carbocycles. The summed E-state index contributed by atoms with van der Waals surface area (Å²) in [5.41, 5.74) is 9.58. The van der Waals surface area contributed by atoms with E-state index < -0.39 is 6.17 Å². The van der Waals surface area contributed by atoms with Gasteiger partial charge in [0.2, 0.25) is 0 Å². The van der Waals surface area contributed by atoms with Crippen LogP contribution in [0.4, 0.5) is 4.39 Å². The van der Waals surface area contributed by atoms with Crippen LogP contribution >= 0.6 is 0 Å². The Morgan fingerprint density at radius 1 is 1.09 bits per heavy atom. The number of fused-ring (bicyclic) bond motifs is 4. The fraction of sp³-hybridized carbons (Fsp3) is 0.548. The Morgan fingerprint density at radius 2 is 1.91 bits per heavy atom. The topological polar surface area (TPSA) is 0 Å². The molecule has 0 aliphatic heterocycles. The first-order valence-electron chi connectivity index (χ1n) is 12.6. The first-order chi connectivity index (χ1) is 15.4. The largest absolute Gasteiger partial charge is 0.234 e. The highest BCUT2D eigenvalue weighted by atomic mass is 19.1. The highest BCUT2D eigenvalue weighted by molar-refractivity contribution is 5.51. The van der Waals surface area contributed by atoms with E-state index in [-0.39, 0.29) is 0 Å². The van der Waals surface area contributed by atoms with Crippen LogP contribution in [0.15, 0.2) is 59.2 Å². The molecule has 1 heteroatoms. The smallest absolute Gasteiger partial charge is 0.157 e. The SMILES string of the molecule is C=C1C=C2CCC3C(=C2CC1)C(c1cccc(C)c1)CC1C(C)CCC31.CC#CC(C)F. The molecule has 0 nitrogen and oxygen atoms in total. The Bertz CT molecular complexity index is 979. The summed E-state index contributed by atoms with van der Waals surface area (Å²) in [6.07, 6.45) is 10.9. The molecule has 0 N–H and O–H groups in total. The highest BCUT2D eigenvalue weighted by Crippen LogP contribution is 2.60. The summed E-state index contributed by atoms with van der Waals surface area (Å²) in [4.78, 5) is 0. The van der Waals surface area contributed by atoms with Gasteiger partial charge in [0.1, 0.15) is 0 Å². The molecule has 0 saturated heterocycles. The molecule has 0 amide bonds. The maximum Gasteiger partial charge on any atom is 0.157 e. The molecule has 0 heterocycles. The van der Waals surface area contributed by atoms with E-state index in [9.17, 15) is 4.39 Å². The van der Waals surface area contributed by atoms with E-state index in [1.165, 1.54) is 63.0 Å². The summed E-state index contributed by atoms with van der Waals surface area (Å²) in [6, 6.07) is 9.40. The third-order valence-corrected chi connectivity index (χ3v) is 8.36. The first kappa shape index (κ1) is 23.1. The van der Waals surface area contributed by atoms with Crippen molar-refractivity contribution in [2.24, 2.45) is 23.7 Å². The molecule has 170 valence electrons. The van der Waals surface area contributed by atoms with E-state index in [0.717, 1.165) is 23.7 Å². The number of allylic oxidation sites excluding steroid dienone is 5. The van der Waals surface area contributed by atoms with E-state index in [0.29, 0.717) is 5.92 Å². The van der Waals surface area contributed by atoms with Crippen molar-refractivity contribution in [2.75, 3.05) is 0 Å². The monoisotopic (exact) mass is 430 g/mol. The molecule has 0 bridgehead atoms. The summed E-state index contributed by atoms with van der Waals surface area (Å²) in [6.45, 7) is 12.1. The van der Waals surface area contributed by atoms with Crippen molar-refractivity contribution in [3.05, 3.63) is 70.3 Å². The predicted molar refractivity (Wildman–Crippen MR) is 134 cm³/mol. The average molecular weight is 431 g/mol. The second-order valence-electron chi connectivity index (χ2n) is 10.5. The lowest BCUT2D eigenvalue weighted by atomic mass is 9.57. The summed E-state index contributed by atoms with van der Waals surface area (Å²) < 4.78 is 11.5. The van der Waals surface area contributed by atoms with E-state index in [4.69, 9.17) is 0 Å². The molecule has 32 heavy (non-hydrogen) atoms. The van der Waals surface area contributed by atoms with Gasteiger partial charge < -0.3 is 0 Å². The molecule has 0 spiro atoms. The molecule has 6 atom stereocenters. The van der Waals surface area contributed by atoms with Crippen LogP contribution in [0.25, 0.3) is 0 Å². The maximum absolute atomic E-state index is 11.5. The zero-order valence-corrected chi connectivity index (χ0v) is 20.4. The number of aryl methyl sites for hydroxylation is 1. The lowest BCUT2D eigenvalue weighted by Crippen LogP contribution is -2.36. The van der Waals surface area contributed by atoms with Gasteiger partial charge in [-0.2, -0.15) is 0 Å². The van der Waals surface area contributed by atoms with Crippen LogP contribution in [-0.4, -0.2) is 6.17 Å². The minimum Gasteiger partial charge on any atom is -0.234 e. The third kappa shape index (κ3) is 4.66. The molecular weight excluding hydrogens is 391 g/mol. The zero-order valence-electron chi connectivity index (χ0n) is 20.4. The van der Waals surface area contributed by atoms with Crippen LogP contribution in [0, 0.1) is 42.4 Å². The third-order valence-electron chi connectivity index (χ3n) is 8.36. The van der Waals surface area contributed by atoms with E-state index in [2.05, 4.69) is 62.6 Å². The molecule has 1 aromatic rings. The molecule has 0 aromatic heterocycles. The summed E-state index contributed by atoms with van der Waals surface area (Å²) in [5, 5.41) is 0. The Hall–Kier alpha value is -2.07. The van der Waals surface area contributed by atoms with Crippen LogP contribution in [0.2, 0.25) is 0 Å². The highest BCUT2D eigenvalue weighted by Gasteiger charge is 2.48. The van der Waals surface area contributed by atoms with Gasteiger partial charge in [-0.05, 0) is 99.7 Å². The lowest BCUT2D eigenvalue weighted by Gasteiger charge is -2.47. The summed E-state index contributed by atoms with van der Waals surface area (Å²) in [7, 11) is 0. The zero-order chi connectivity index (χ0) is 22.8. The van der Waals surface area contributed by atoms with Gasteiger partial charge in [-0.25, -0.2) is 4.39 Å². The Morgan fingerprint density at radius 3 is 2.59 bits per heavy atom. The summed E-state index contributed by atoms with van der Waals surface area (Å²) >= 11 is 0. The number of alkyl halides is 1. The standard InChI is InChI=1S/C26H32.C5H7F/c1-16-5-4-6-19(13-16)25-15-24-18(3)8-11-22(24)23-12-9-20-14-17(2)7-10-21(20)26(23)25;1-3-4-5(2)6/h4-6,13-14,18,22-25H,2,7-12,15H2,1,3H3;5H,1-2H3. The second kappa shape index (κ2) is 9.82. The minimum atomic E-state index is -0.963. The number of halogens is 1. The normalized spacial score (nSPS) is 31.7. The van der Waals surface area contributed by atoms with Gasteiger partial charge in [-0.1, -0.05) is 72.9 Å². The number of hydrogen-bond donors (Lipinski definition) is 0. The molecular formula is C31H39F. The minimum absolute atomic E-state index is 0.659. The van der Waals surface area contributed by atoms with Gasteiger partial charge >= 0.3 is 0 Å². The Labute approximate surface area is 195 Å². The molecule has 4 aliphatic carbocycles. The fourth-order valence-electron chi connectivity index (χ4n) is 7.02. The molecule has 4 aliphatic rings. The van der Waals surface area contributed by atoms with Gasteiger partial charge in [-0.15, -0.1) is 5.92 Å². The first-order valence-corrected chi connectivity index (χ1v) is 12.6. The van der Waals surface area contributed by atoms with Gasteiger partial charge in [-0.3, -0.25) is 0 Å². The van der Waals surface area contributed by atoms with Crippen molar-refractivity contribution >= 4 is 0 Å².